The van der Waals surface area contributed by atoms with Crippen molar-refractivity contribution in [3.63, 3.8) is 0 Å². The van der Waals surface area contributed by atoms with Crippen LogP contribution in [0.4, 0.5) is 0 Å². The second-order valence-electron chi connectivity index (χ2n) is 4.44. The van der Waals surface area contributed by atoms with E-state index in [1.165, 1.54) is 0 Å². The summed E-state index contributed by atoms with van der Waals surface area (Å²) in [7, 11) is 4.24. The summed E-state index contributed by atoms with van der Waals surface area (Å²) in [5.74, 6) is 1.02. The Morgan fingerprint density at radius 3 is 2.12 bits per heavy atom. The van der Waals surface area contributed by atoms with Crippen LogP contribution in [0.3, 0.4) is 0 Å². The monoisotopic (exact) mass is 225 g/mol. The molecule has 0 amide bonds. The molecule has 0 spiro atoms. The maximum absolute atomic E-state index is 5.94. The fourth-order valence-corrected chi connectivity index (χ4v) is 1.93. The van der Waals surface area contributed by atoms with Crippen molar-refractivity contribution < 1.29 is 0 Å². The summed E-state index contributed by atoms with van der Waals surface area (Å²) >= 11 is 0. The molecule has 92 valence electrons. The molecule has 1 heterocycles. The van der Waals surface area contributed by atoms with Gasteiger partial charge in [-0.1, -0.05) is 0 Å². The van der Waals surface area contributed by atoms with E-state index in [0.29, 0.717) is 6.04 Å². The molecule has 0 aromatic rings. The van der Waals surface area contributed by atoms with Gasteiger partial charge in [0.25, 0.3) is 0 Å². The number of hydrogen-bond acceptors (Lipinski definition) is 5. The summed E-state index contributed by atoms with van der Waals surface area (Å²) in [6, 6.07) is 0.666. The van der Waals surface area contributed by atoms with Gasteiger partial charge in [-0.2, -0.15) is 0 Å². The number of likely N-dealkylation sites (tertiary alicyclic amines) is 1. The summed E-state index contributed by atoms with van der Waals surface area (Å²) in [5.41, 5.74) is 16.6. The first kappa shape index (κ1) is 12.7. The highest BCUT2D eigenvalue weighted by Crippen LogP contribution is 2.16. The van der Waals surface area contributed by atoms with Crippen LogP contribution < -0.4 is 17.2 Å². The lowest BCUT2D eigenvalue weighted by molar-refractivity contribution is 0.169. The van der Waals surface area contributed by atoms with Crippen LogP contribution in [0.1, 0.15) is 12.8 Å². The Morgan fingerprint density at radius 2 is 1.69 bits per heavy atom. The summed E-state index contributed by atoms with van der Waals surface area (Å²) in [6.45, 7) is 1.98. The minimum absolute atomic E-state index is 0.283. The van der Waals surface area contributed by atoms with Gasteiger partial charge in [0.15, 0.2) is 0 Å². The molecule has 0 aromatic heterocycles. The Labute approximate surface area is 97.5 Å². The molecule has 1 aliphatic heterocycles. The first-order valence-corrected chi connectivity index (χ1v) is 5.60. The first-order chi connectivity index (χ1) is 7.50. The van der Waals surface area contributed by atoms with Crippen LogP contribution in [0, 0.1) is 0 Å². The molecule has 5 nitrogen and oxygen atoms in total. The number of nitrogens with two attached hydrogens (primary N) is 3. The van der Waals surface area contributed by atoms with Crippen molar-refractivity contribution >= 4 is 0 Å². The van der Waals surface area contributed by atoms with Gasteiger partial charge in [-0.15, -0.1) is 0 Å². The highest BCUT2D eigenvalue weighted by Gasteiger charge is 2.20. The van der Waals surface area contributed by atoms with Gasteiger partial charge in [-0.3, -0.25) is 0 Å². The Kier molecular flexibility index (Phi) is 4.49. The largest absolute Gasteiger partial charge is 0.386 e. The molecule has 0 aromatic carbocycles. The van der Waals surface area contributed by atoms with Gasteiger partial charge in [-0.25, -0.2) is 0 Å². The van der Waals surface area contributed by atoms with Crippen LogP contribution in [0.5, 0.6) is 0 Å². The topological polar surface area (TPSA) is 84.5 Å². The minimum atomic E-state index is 0.283. The van der Waals surface area contributed by atoms with Gasteiger partial charge in [0.05, 0.1) is 11.6 Å². The molecular weight excluding hydrogens is 202 g/mol. The number of allylic oxidation sites excluding steroid dienone is 2. The van der Waals surface area contributed by atoms with E-state index in [-0.39, 0.29) is 5.82 Å². The molecule has 1 fully saturated rings. The third-order valence-corrected chi connectivity index (χ3v) is 3.01. The fraction of sp³-hybridized carbons (Fsp3) is 0.636. The van der Waals surface area contributed by atoms with Crippen LogP contribution in [0.15, 0.2) is 23.8 Å². The molecule has 0 aliphatic carbocycles. The smallest absolute Gasteiger partial charge is 0.0987 e. The number of nitrogens with zero attached hydrogens (tertiary/aromatic N) is 2. The van der Waals surface area contributed by atoms with E-state index < -0.39 is 0 Å². The predicted molar refractivity (Wildman–Crippen MR) is 67.0 cm³/mol. The zero-order valence-corrected chi connectivity index (χ0v) is 10.2. The Balaban J connectivity index is 2.47. The first-order valence-electron chi connectivity index (χ1n) is 5.60. The molecule has 1 saturated heterocycles. The molecule has 0 radical (unpaired) electrons. The standard InChI is InChI=1S/C11H23N5/c1-15(2)9-5-7-16(8-6-9)11(14)4-3-10(12)13/h3-4,9H,5-8,12-14H2,1-2H3/b11-4+. The van der Waals surface area contributed by atoms with Crippen molar-refractivity contribution in [3.05, 3.63) is 23.8 Å². The van der Waals surface area contributed by atoms with E-state index >= 15 is 0 Å². The van der Waals surface area contributed by atoms with Crippen LogP contribution in [0.25, 0.3) is 0 Å². The van der Waals surface area contributed by atoms with Crippen molar-refractivity contribution in [2.24, 2.45) is 17.2 Å². The van der Waals surface area contributed by atoms with E-state index in [1.807, 2.05) is 0 Å². The molecule has 0 unspecified atom stereocenters. The number of rotatable bonds is 3. The Morgan fingerprint density at radius 1 is 1.12 bits per heavy atom. The normalized spacial score (nSPS) is 18.9. The molecule has 0 saturated carbocycles. The van der Waals surface area contributed by atoms with Crippen molar-refractivity contribution in [2.75, 3.05) is 27.2 Å². The maximum Gasteiger partial charge on any atom is 0.0987 e. The lowest BCUT2D eigenvalue weighted by atomic mass is 10.0. The lowest BCUT2D eigenvalue weighted by Crippen LogP contribution is -2.42. The number of hydrogen-bond donors (Lipinski definition) is 3. The summed E-state index contributed by atoms with van der Waals surface area (Å²) in [5, 5.41) is 0. The van der Waals surface area contributed by atoms with E-state index in [2.05, 4.69) is 23.9 Å². The predicted octanol–water partition coefficient (Wildman–Crippen LogP) is -0.429. The van der Waals surface area contributed by atoms with Gasteiger partial charge in [0, 0.05) is 19.1 Å². The lowest BCUT2D eigenvalue weighted by Gasteiger charge is -2.36. The van der Waals surface area contributed by atoms with Crippen molar-refractivity contribution in [2.45, 2.75) is 18.9 Å². The van der Waals surface area contributed by atoms with Crippen molar-refractivity contribution in [1.82, 2.24) is 9.80 Å². The highest BCUT2D eigenvalue weighted by molar-refractivity contribution is 5.12. The highest BCUT2D eigenvalue weighted by atomic mass is 15.2. The van der Waals surface area contributed by atoms with Gasteiger partial charge in [-0.05, 0) is 39.1 Å². The zero-order chi connectivity index (χ0) is 12.1. The second kappa shape index (κ2) is 5.65. The molecule has 16 heavy (non-hydrogen) atoms. The molecule has 6 N–H and O–H groups in total. The maximum atomic E-state index is 5.94. The summed E-state index contributed by atoms with van der Waals surface area (Å²) in [4.78, 5) is 4.44. The van der Waals surface area contributed by atoms with E-state index in [1.54, 1.807) is 12.2 Å². The Bertz CT molecular complexity index is 270. The van der Waals surface area contributed by atoms with Crippen LogP contribution in [-0.4, -0.2) is 43.0 Å². The molecule has 0 atom stereocenters. The third kappa shape index (κ3) is 3.66. The van der Waals surface area contributed by atoms with Crippen molar-refractivity contribution in [3.8, 4) is 0 Å². The molecule has 0 bridgehead atoms. The van der Waals surface area contributed by atoms with Gasteiger partial charge in [0.2, 0.25) is 0 Å². The minimum Gasteiger partial charge on any atom is -0.386 e. The second-order valence-corrected chi connectivity index (χ2v) is 4.44. The van der Waals surface area contributed by atoms with Gasteiger partial charge < -0.3 is 27.0 Å². The molecule has 1 rings (SSSR count). The fourth-order valence-electron chi connectivity index (χ4n) is 1.93. The zero-order valence-electron chi connectivity index (χ0n) is 10.2. The molecule has 1 aliphatic rings. The molecular formula is C11H23N5. The van der Waals surface area contributed by atoms with Gasteiger partial charge >= 0.3 is 0 Å². The average molecular weight is 225 g/mol. The quantitative estimate of drug-likeness (QED) is 0.568. The molecule has 5 heteroatoms. The van der Waals surface area contributed by atoms with Crippen LogP contribution >= 0.6 is 0 Å². The van der Waals surface area contributed by atoms with E-state index in [9.17, 15) is 0 Å². The SMILES string of the molecule is CN(C)C1CCN(/C(N)=C/C=C(N)N)CC1. The van der Waals surface area contributed by atoms with Gasteiger partial charge in [0.1, 0.15) is 0 Å². The van der Waals surface area contributed by atoms with Crippen LogP contribution in [-0.2, 0) is 0 Å². The summed E-state index contributed by atoms with van der Waals surface area (Å²) in [6.07, 6.45) is 5.69. The van der Waals surface area contributed by atoms with Crippen molar-refractivity contribution in [1.29, 1.82) is 0 Å². The number of piperidine rings is 1. The van der Waals surface area contributed by atoms with E-state index in [4.69, 9.17) is 17.2 Å². The third-order valence-electron chi connectivity index (χ3n) is 3.01. The van der Waals surface area contributed by atoms with E-state index in [0.717, 1.165) is 31.8 Å². The van der Waals surface area contributed by atoms with Crippen LogP contribution in [0.2, 0.25) is 0 Å². The summed E-state index contributed by atoms with van der Waals surface area (Å²) < 4.78 is 0. The Hall–Kier alpha value is -1.36. The average Bonchev–Trinajstić information content (AvgIpc) is 2.26.